The van der Waals surface area contributed by atoms with Crippen molar-refractivity contribution < 1.29 is 19.5 Å². The molecule has 1 N–H and O–H groups in total. The Morgan fingerprint density at radius 1 is 0.966 bits per heavy atom. The summed E-state index contributed by atoms with van der Waals surface area (Å²) in [6.45, 7) is -0.222. The molecule has 3 rings (SSSR count). The zero-order chi connectivity index (χ0) is 20.6. The zero-order valence-electron chi connectivity index (χ0n) is 15.2. The number of aliphatic carboxylic acids is 1. The molecule has 0 radical (unpaired) electrons. The van der Waals surface area contributed by atoms with Gasteiger partial charge in [0.1, 0.15) is 12.4 Å². The van der Waals surface area contributed by atoms with Crippen LogP contribution in [0, 0.1) is 0 Å². The van der Waals surface area contributed by atoms with E-state index in [0.717, 1.165) is 22.3 Å². The molecule has 0 unspecified atom stereocenters. The molecular weight excluding hydrogens is 413 g/mol. The maximum atomic E-state index is 10.4. The molecule has 0 saturated carbocycles. The van der Waals surface area contributed by atoms with Crippen molar-refractivity contribution in [1.82, 2.24) is 0 Å². The van der Waals surface area contributed by atoms with Crippen LogP contribution in [0.1, 0.15) is 11.1 Å². The van der Waals surface area contributed by atoms with Gasteiger partial charge in [-0.3, -0.25) is 0 Å². The van der Waals surface area contributed by atoms with E-state index in [0.29, 0.717) is 15.8 Å². The number of nitrogens with zero attached hydrogens (tertiary/aromatic N) is 1. The summed E-state index contributed by atoms with van der Waals surface area (Å²) in [6.07, 6.45) is 1.46. The van der Waals surface area contributed by atoms with Crippen LogP contribution in [0.25, 0.3) is 11.1 Å². The highest BCUT2D eigenvalue weighted by atomic mass is 35.5. The molecule has 0 aliphatic heterocycles. The van der Waals surface area contributed by atoms with Crippen molar-refractivity contribution in [2.75, 3.05) is 6.61 Å². The fourth-order valence-electron chi connectivity index (χ4n) is 2.58. The van der Waals surface area contributed by atoms with Gasteiger partial charge in [-0.15, -0.1) is 0 Å². The van der Waals surface area contributed by atoms with Crippen molar-refractivity contribution in [3.05, 3.63) is 87.9 Å². The first-order valence-corrected chi connectivity index (χ1v) is 9.42. The van der Waals surface area contributed by atoms with Gasteiger partial charge < -0.3 is 14.7 Å². The van der Waals surface area contributed by atoms with Crippen molar-refractivity contribution in [3.8, 4) is 16.9 Å². The molecule has 0 fully saturated rings. The summed E-state index contributed by atoms with van der Waals surface area (Å²) >= 11 is 12.4. The average Bonchev–Trinajstić information content (AvgIpc) is 2.71. The number of hydrogen-bond donors (Lipinski definition) is 1. The lowest BCUT2D eigenvalue weighted by Gasteiger charge is -2.11. The SMILES string of the molecule is O=C(O)CO/N=C/c1cccc(-c2cccc(OCc3c(Cl)cccc3Cl)c2)c1. The first-order chi connectivity index (χ1) is 14.0. The van der Waals surface area contributed by atoms with Gasteiger partial charge >= 0.3 is 5.97 Å². The number of carboxylic acid groups (broad SMARTS) is 1. The van der Waals surface area contributed by atoms with E-state index in [1.54, 1.807) is 18.2 Å². The Bertz CT molecular complexity index is 1020. The Kier molecular flexibility index (Phi) is 7.11. The maximum Gasteiger partial charge on any atom is 0.344 e. The van der Waals surface area contributed by atoms with Gasteiger partial charge in [-0.25, -0.2) is 4.79 Å². The normalized spacial score (nSPS) is 10.8. The molecule has 0 bridgehead atoms. The smallest absolute Gasteiger partial charge is 0.344 e. The van der Waals surface area contributed by atoms with Gasteiger partial charge in [0.15, 0.2) is 0 Å². The lowest BCUT2D eigenvalue weighted by molar-refractivity contribution is -0.142. The highest BCUT2D eigenvalue weighted by Gasteiger charge is 2.07. The molecule has 29 heavy (non-hydrogen) atoms. The summed E-state index contributed by atoms with van der Waals surface area (Å²) in [5.74, 6) is -0.395. The predicted molar refractivity (Wildman–Crippen MR) is 114 cm³/mol. The second-order valence-electron chi connectivity index (χ2n) is 6.04. The van der Waals surface area contributed by atoms with Gasteiger partial charge in [0, 0.05) is 15.6 Å². The van der Waals surface area contributed by atoms with Crippen LogP contribution in [0.15, 0.2) is 71.9 Å². The van der Waals surface area contributed by atoms with E-state index in [-0.39, 0.29) is 6.61 Å². The van der Waals surface area contributed by atoms with Crippen LogP contribution in [0.2, 0.25) is 10.0 Å². The molecule has 148 valence electrons. The molecule has 3 aromatic carbocycles. The van der Waals surface area contributed by atoms with Gasteiger partial charge in [-0.05, 0) is 47.0 Å². The fourth-order valence-corrected chi connectivity index (χ4v) is 3.09. The van der Waals surface area contributed by atoms with E-state index in [1.165, 1.54) is 6.21 Å². The first-order valence-electron chi connectivity index (χ1n) is 8.66. The van der Waals surface area contributed by atoms with Gasteiger partial charge in [0.2, 0.25) is 6.61 Å². The minimum absolute atomic E-state index is 0.259. The Morgan fingerprint density at radius 3 is 2.34 bits per heavy atom. The molecule has 0 aromatic heterocycles. The molecule has 3 aromatic rings. The van der Waals surface area contributed by atoms with Crippen molar-refractivity contribution in [2.45, 2.75) is 6.61 Å². The van der Waals surface area contributed by atoms with Gasteiger partial charge in [0.25, 0.3) is 0 Å². The molecule has 0 heterocycles. The number of oxime groups is 1. The van der Waals surface area contributed by atoms with E-state index in [1.807, 2.05) is 48.5 Å². The lowest BCUT2D eigenvalue weighted by atomic mass is 10.0. The zero-order valence-corrected chi connectivity index (χ0v) is 16.7. The quantitative estimate of drug-likeness (QED) is 0.369. The van der Waals surface area contributed by atoms with Crippen molar-refractivity contribution in [2.24, 2.45) is 5.16 Å². The van der Waals surface area contributed by atoms with Crippen molar-refractivity contribution in [3.63, 3.8) is 0 Å². The van der Waals surface area contributed by atoms with Crippen molar-refractivity contribution in [1.29, 1.82) is 0 Å². The van der Waals surface area contributed by atoms with E-state index in [2.05, 4.69) is 9.99 Å². The minimum Gasteiger partial charge on any atom is -0.489 e. The van der Waals surface area contributed by atoms with E-state index in [9.17, 15) is 4.79 Å². The molecule has 0 spiro atoms. The third-order valence-electron chi connectivity index (χ3n) is 3.96. The average molecular weight is 430 g/mol. The van der Waals surface area contributed by atoms with E-state index < -0.39 is 12.6 Å². The monoisotopic (exact) mass is 429 g/mol. The van der Waals surface area contributed by atoms with Crippen LogP contribution < -0.4 is 4.74 Å². The number of carboxylic acids is 1. The number of ether oxygens (including phenoxy) is 1. The van der Waals surface area contributed by atoms with Crippen LogP contribution in [-0.2, 0) is 16.2 Å². The summed E-state index contributed by atoms with van der Waals surface area (Å²) in [4.78, 5) is 15.1. The molecule has 7 heteroatoms. The van der Waals surface area contributed by atoms with Crippen LogP contribution in [-0.4, -0.2) is 23.9 Å². The van der Waals surface area contributed by atoms with Gasteiger partial charge in [-0.2, -0.15) is 0 Å². The molecule has 0 atom stereocenters. The number of halogens is 2. The Morgan fingerprint density at radius 2 is 1.62 bits per heavy atom. The second-order valence-corrected chi connectivity index (χ2v) is 6.86. The topological polar surface area (TPSA) is 68.1 Å². The van der Waals surface area contributed by atoms with Crippen LogP contribution >= 0.6 is 23.2 Å². The second kappa shape index (κ2) is 9.96. The molecule has 0 saturated heterocycles. The number of benzene rings is 3. The third kappa shape index (κ3) is 5.98. The number of carbonyl (C=O) groups is 1. The Hall–Kier alpha value is -3.02. The van der Waals surface area contributed by atoms with Gasteiger partial charge in [0.05, 0.1) is 6.21 Å². The summed E-state index contributed by atoms with van der Waals surface area (Å²) in [5.41, 5.74) is 3.42. The predicted octanol–water partition coefficient (Wildman–Crippen LogP) is 5.67. The molecule has 0 aliphatic rings. The maximum absolute atomic E-state index is 10.4. The number of rotatable bonds is 8. The van der Waals surface area contributed by atoms with Crippen LogP contribution in [0.3, 0.4) is 0 Å². The Balaban J connectivity index is 1.72. The lowest BCUT2D eigenvalue weighted by Crippen LogP contribution is -2.03. The van der Waals surface area contributed by atoms with Crippen LogP contribution in [0.5, 0.6) is 5.75 Å². The molecule has 0 amide bonds. The highest BCUT2D eigenvalue weighted by Crippen LogP contribution is 2.28. The standard InChI is InChI=1S/C22H17Cl2NO4/c23-20-8-3-9-21(24)19(20)13-28-18-7-2-6-17(11-18)16-5-1-4-15(10-16)12-25-29-14-22(26)27/h1-12H,13-14H2,(H,26,27)/b25-12+. The highest BCUT2D eigenvalue weighted by molar-refractivity contribution is 6.35. The summed E-state index contributed by atoms with van der Waals surface area (Å²) in [7, 11) is 0. The van der Waals surface area contributed by atoms with Gasteiger partial charge in [-0.1, -0.05) is 64.8 Å². The summed E-state index contributed by atoms with van der Waals surface area (Å²) in [6, 6.07) is 20.6. The third-order valence-corrected chi connectivity index (χ3v) is 4.67. The summed E-state index contributed by atoms with van der Waals surface area (Å²) in [5, 5.41) is 13.3. The Labute approximate surface area is 178 Å². The first kappa shape index (κ1) is 20.7. The minimum atomic E-state index is -1.08. The molecule has 5 nitrogen and oxygen atoms in total. The van der Waals surface area contributed by atoms with E-state index in [4.69, 9.17) is 33.0 Å². The number of hydrogen-bond acceptors (Lipinski definition) is 4. The van der Waals surface area contributed by atoms with Crippen LogP contribution in [0.4, 0.5) is 0 Å². The largest absolute Gasteiger partial charge is 0.489 e. The van der Waals surface area contributed by atoms with Crippen molar-refractivity contribution >= 4 is 35.4 Å². The molecular formula is C22H17Cl2NO4. The fraction of sp³-hybridized carbons (Fsp3) is 0.0909. The summed E-state index contributed by atoms with van der Waals surface area (Å²) < 4.78 is 5.88. The van der Waals surface area contributed by atoms with E-state index >= 15 is 0 Å². The molecule has 0 aliphatic carbocycles.